The second kappa shape index (κ2) is 8.78. The van der Waals surface area contributed by atoms with E-state index < -0.39 is 0 Å². The zero-order valence-electron chi connectivity index (χ0n) is 17.1. The molecule has 0 radical (unpaired) electrons. The summed E-state index contributed by atoms with van der Waals surface area (Å²) < 4.78 is 1.95. The van der Waals surface area contributed by atoms with Gasteiger partial charge in [-0.3, -0.25) is 4.98 Å². The smallest absolute Gasteiger partial charge is 0.143 e. The van der Waals surface area contributed by atoms with Gasteiger partial charge >= 0.3 is 0 Å². The molecule has 0 aliphatic carbocycles. The Labute approximate surface area is 199 Å². The number of nitrogens with zero attached hydrogens (tertiary/aromatic N) is 4. The molecule has 5 nitrogen and oxygen atoms in total. The van der Waals surface area contributed by atoms with Gasteiger partial charge in [0.25, 0.3) is 0 Å². The molecule has 0 bridgehead atoms. The Bertz CT molecular complexity index is 1470. The topological polar surface area (TPSA) is 74.7 Å². The van der Waals surface area contributed by atoms with E-state index in [1.807, 2.05) is 66.2 Å². The molecular formula is C26H17N4OPt-. The Balaban J connectivity index is 0.00000245. The molecule has 0 spiro atoms. The molecule has 5 rings (SSSR count). The van der Waals surface area contributed by atoms with E-state index in [1.54, 1.807) is 24.4 Å². The number of aryl methyl sites for hydroxylation is 1. The molecule has 0 unspecified atom stereocenters. The van der Waals surface area contributed by atoms with Gasteiger partial charge in [-0.15, -0.1) is 18.2 Å². The van der Waals surface area contributed by atoms with Crippen LogP contribution in [0.1, 0.15) is 5.56 Å². The Morgan fingerprint density at radius 1 is 0.938 bits per heavy atom. The van der Waals surface area contributed by atoms with E-state index >= 15 is 0 Å². The molecule has 0 atom stereocenters. The summed E-state index contributed by atoms with van der Waals surface area (Å²) in [6.07, 6.45) is 1.74. The summed E-state index contributed by atoms with van der Waals surface area (Å²) in [5, 5.41) is 20.1. The fourth-order valence-electron chi connectivity index (χ4n) is 3.79. The average Bonchev–Trinajstić information content (AvgIpc) is 3.16. The third kappa shape index (κ3) is 3.60. The largest absolute Gasteiger partial charge is 0.507 e. The van der Waals surface area contributed by atoms with Crippen molar-refractivity contribution in [2.24, 2.45) is 7.05 Å². The first-order valence-electron chi connectivity index (χ1n) is 9.79. The number of hydrogen-bond donors (Lipinski definition) is 1. The summed E-state index contributed by atoms with van der Waals surface area (Å²) in [4.78, 5) is 9.26. The number of imidazole rings is 1. The van der Waals surface area contributed by atoms with Crippen LogP contribution in [0, 0.1) is 17.4 Å². The van der Waals surface area contributed by atoms with Crippen LogP contribution in [0.5, 0.6) is 5.75 Å². The van der Waals surface area contributed by atoms with Crippen molar-refractivity contribution in [1.82, 2.24) is 14.5 Å². The predicted molar refractivity (Wildman–Crippen MR) is 120 cm³/mol. The van der Waals surface area contributed by atoms with Gasteiger partial charge < -0.3 is 9.67 Å². The van der Waals surface area contributed by atoms with Crippen LogP contribution in [0.3, 0.4) is 0 Å². The molecule has 158 valence electrons. The standard InChI is InChI=1S/C26H17N4O.Pt/c1-30-23-10-6-8-19(25(23)29-26(30)20-7-2-3-11-24(20)31)21-15-17(12-13-18(21)16-27)22-9-4-5-14-28-22;/h2-14,31H,1H3;/q-1;. The van der Waals surface area contributed by atoms with Crippen molar-refractivity contribution in [2.75, 3.05) is 0 Å². The summed E-state index contributed by atoms with van der Waals surface area (Å²) in [7, 11) is 1.92. The van der Waals surface area contributed by atoms with Gasteiger partial charge in [-0.25, -0.2) is 10.2 Å². The van der Waals surface area contributed by atoms with Crippen LogP contribution in [0.2, 0.25) is 0 Å². The monoisotopic (exact) mass is 596 g/mol. The Morgan fingerprint density at radius 2 is 1.72 bits per heavy atom. The zero-order valence-corrected chi connectivity index (χ0v) is 19.3. The molecule has 0 amide bonds. The maximum absolute atomic E-state index is 10.3. The molecular weight excluding hydrogens is 579 g/mol. The summed E-state index contributed by atoms with van der Waals surface area (Å²) in [6, 6.07) is 28.0. The van der Waals surface area contributed by atoms with Gasteiger partial charge in [-0.2, -0.15) is 0 Å². The van der Waals surface area contributed by atoms with Crippen molar-refractivity contribution < 1.29 is 26.2 Å². The second-order valence-corrected chi connectivity index (χ2v) is 7.17. The van der Waals surface area contributed by atoms with Crippen LogP contribution in [-0.2, 0) is 28.1 Å². The summed E-state index contributed by atoms with van der Waals surface area (Å²) in [5.41, 5.74) is 5.90. The second-order valence-electron chi connectivity index (χ2n) is 7.17. The molecule has 1 N–H and O–H groups in total. The molecule has 5 aromatic rings. The first-order valence-corrected chi connectivity index (χ1v) is 9.79. The van der Waals surface area contributed by atoms with Gasteiger partial charge in [-0.05, 0) is 29.8 Å². The van der Waals surface area contributed by atoms with Crippen molar-refractivity contribution in [1.29, 1.82) is 5.26 Å². The number of rotatable bonds is 3. The maximum Gasteiger partial charge on any atom is 0.143 e. The van der Waals surface area contributed by atoms with Gasteiger partial charge in [0.05, 0.1) is 22.7 Å². The molecule has 2 heterocycles. The first-order chi connectivity index (χ1) is 15.2. The van der Waals surface area contributed by atoms with E-state index in [9.17, 15) is 10.4 Å². The molecule has 0 saturated heterocycles. The van der Waals surface area contributed by atoms with E-state index in [-0.39, 0.29) is 26.8 Å². The molecule has 32 heavy (non-hydrogen) atoms. The minimum absolute atomic E-state index is 0. The van der Waals surface area contributed by atoms with E-state index in [1.165, 1.54) is 0 Å². The molecule has 0 aliphatic rings. The summed E-state index contributed by atoms with van der Waals surface area (Å²) in [5.74, 6) is 0.823. The number of para-hydroxylation sites is 2. The fraction of sp³-hybridized carbons (Fsp3) is 0.0385. The van der Waals surface area contributed by atoms with Crippen molar-refractivity contribution in [3.8, 4) is 45.6 Å². The number of fused-ring (bicyclic) bond motifs is 1. The zero-order chi connectivity index (χ0) is 21.4. The summed E-state index contributed by atoms with van der Waals surface area (Å²) in [6.45, 7) is 0. The number of aromatic hydroxyl groups is 1. The SMILES string of the molecule is Cn1c(-c2ccccc2O)nc2c(-c3[c-]c(-c4ccccn4)ccc3C#N)cccc21.[Pt]. The molecule has 0 aliphatic heterocycles. The first kappa shape index (κ1) is 21.5. The van der Waals surface area contributed by atoms with Crippen molar-refractivity contribution in [3.63, 3.8) is 0 Å². The fourth-order valence-corrected chi connectivity index (χ4v) is 3.79. The van der Waals surface area contributed by atoms with Crippen molar-refractivity contribution in [2.45, 2.75) is 0 Å². The van der Waals surface area contributed by atoms with E-state index in [0.717, 1.165) is 27.9 Å². The minimum atomic E-state index is 0. The van der Waals surface area contributed by atoms with Crippen LogP contribution in [0.25, 0.3) is 44.8 Å². The van der Waals surface area contributed by atoms with E-state index in [0.29, 0.717) is 22.5 Å². The van der Waals surface area contributed by atoms with Gasteiger partial charge in [-0.1, -0.05) is 53.1 Å². The molecule has 3 aromatic carbocycles. The number of benzene rings is 3. The van der Waals surface area contributed by atoms with Gasteiger partial charge in [0, 0.05) is 40.0 Å². The number of aromatic nitrogens is 3. The van der Waals surface area contributed by atoms with Crippen molar-refractivity contribution in [3.05, 3.63) is 90.6 Å². The van der Waals surface area contributed by atoms with Crippen LogP contribution in [-0.4, -0.2) is 19.6 Å². The summed E-state index contributed by atoms with van der Waals surface area (Å²) >= 11 is 0. The molecule has 2 aromatic heterocycles. The van der Waals surface area contributed by atoms with Crippen LogP contribution in [0.15, 0.2) is 79.0 Å². The number of nitriles is 1. The van der Waals surface area contributed by atoms with Gasteiger partial charge in [0.1, 0.15) is 11.6 Å². The van der Waals surface area contributed by atoms with E-state index in [2.05, 4.69) is 17.1 Å². The third-order valence-electron chi connectivity index (χ3n) is 5.33. The molecule has 0 saturated carbocycles. The number of phenolic OH excluding ortho intramolecular Hbond substituents is 1. The normalized spacial score (nSPS) is 10.5. The van der Waals surface area contributed by atoms with E-state index in [4.69, 9.17) is 4.98 Å². The number of pyridine rings is 1. The van der Waals surface area contributed by atoms with Crippen molar-refractivity contribution >= 4 is 11.0 Å². The van der Waals surface area contributed by atoms with Crippen LogP contribution >= 0.6 is 0 Å². The van der Waals surface area contributed by atoms with Gasteiger partial charge in [0.15, 0.2) is 0 Å². The Morgan fingerprint density at radius 3 is 2.47 bits per heavy atom. The average molecular weight is 597 g/mol. The maximum atomic E-state index is 10.3. The Hall–Kier alpha value is -3.74. The Kier molecular flexibility index (Phi) is 5.90. The van der Waals surface area contributed by atoms with Gasteiger partial charge in [0.2, 0.25) is 0 Å². The minimum Gasteiger partial charge on any atom is -0.507 e. The number of hydrogen-bond acceptors (Lipinski definition) is 4. The van der Waals surface area contributed by atoms with Crippen LogP contribution < -0.4 is 0 Å². The predicted octanol–water partition coefficient (Wildman–Crippen LogP) is 5.34. The van der Waals surface area contributed by atoms with Crippen LogP contribution in [0.4, 0.5) is 0 Å². The molecule has 6 heteroatoms. The number of phenols is 1. The third-order valence-corrected chi connectivity index (χ3v) is 5.33. The molecule has 0 fully saturated rings. The quantitative estimate of drug-likeness (QED) is 0.286.